The van der Waals surface area contributed by atoms with E-state index in [0.29, 0.717) is 23.8 Å². The average molecular weight is 441 g/mol. The van der Waals surface area contributed by atoms with Crippen LogP contribution >= 0.6 is 11.8 Å². The molecule has 1 heterocycles. The summed E-state index contributed by atoms with van der Waals surface area (Å²) < 4.78 is 10.5. The number of nitrogens with two attached hydrogens (primary N) is 1. The predicted octanol–water partition coefficient (Wildman–Crippen LogP) is 3.20. The summed E-state index contributed by atoms with van der Waals surface area (Å²) in [5, 5.41) is 7.62. The monoisotopic (exact) mass is 440 g/mol. The SMILES string of the molecule is CCOc1ccc(N2C(=O)C[C@@H](SC(N)=N/N=C(/C)c3ccc(OC)cc3)C2=O)cc1. The highest BCUT2D eigenvalue weighted by molar-refractivity contribution is 8.14. The molecule has 0 bridgehead atoms. The maximum Gasteiger partial charge on any atom is 0.247 e. The van der Waals surface area contributed by atoms with Crippen molar-refractivity contribution in [1.29, 1.82) is 0 Å². The molecule has 3 rings (SSSR count). The Kier molecular flexibility index (Phi) is 7.30. The first-order valence-electron chi connectivity index (χ1n) is 9.71. The molecule has 0 radical (unpaired) electrons. The van der Waals surface area contributed by atoms with Crippen LogP contribution in [0.4, 0.5) is 5.69 Å². The van der Waals surface area contributed by atoms with Crippen molar-refractivity contribution in [2.24, 2.45) is 15.9 Å². The third-order valence-electron chi connectivity index (χ3n) is 4.58. The molecule has 1 saturated heterocycles. The quantitative estimate of drug-likeness (QED) is 0.307. The van der Waals surface area contributed by atoms with E-state index in [2.05, 4.69) is 10.2 Å². The highest BCUT2D eigenvalue weighted by Gasteiger charge is 2.40. The molecule has 0 aromatic heterocycles. The Morgan fingerprint density at radius 3 is 2.35 bits per heavy atom. The Morgan fingerprint density at radius 2 is 1.74 bits per heavy atom. The lowest BCUT2D eigenvalue weighted by Crippen LogP contribution is -2.31. The lowest BCUT2D eigenvalue weighted by Gasteiger charge is -2.15. The topological polar surface area (TPSA) is 107 Å². The van der Waals surface area contributed by atoms with E-state index in [1.165, 1.54) is 4.90 Å². The second kappa shape index (κ2) is 10.1. The van der Waals surface area contributed by atoms with Crippen molar-refractivity contribution in [1.82, 2.24) is 0 Å². The molecule has 2 amide bonds. The molecule has 9 heteroatoms. The van der Waals surface area contributed by atoms with Crippen LogP contribution in [0.15, 0.2) is 58.7 Å². The molecule has 0 saturated carbocycles. The molecule has 2 aromatic carbocycles. The number of imide groups is 1. The molecular formula is C22H24N4O4S. The minimum absolute atomic E-state index is 0.0497. The van der Waals surface area contributed by atoms with E-state index in [0.717, 1.165) is 23.1 Å². The third-order valence-corrected chi connectivity index (χ3v) is 5.56. The van der Waals surface area contributed by atoms with Gasteiger partial charge in [-0.2, -0.15) is 5.10 Å². The van der Waals surface area contributed by atoms with Crippen LogP contribution in [0.2, 0.25) is 0 Å². The number of anilines is 1. The maximum absolute atomic E-state index is 12.8. The summed E-state index contributed by atoms with van der Waals surface area (Å²) in [6.45, 7) is 4.23. The number of carbonyl (C=O) groups excluding carboxylic acids is 2. The summed E-state index contributed by atoms with van der Waals surface area (Å²) in [7, 11) is 1.60. The molecular weight excluding hydrogens is 416 g/mol. The third kappa shape index (κ3) is 5.43. The second-order valence-corrected chi connectivity index (χ2v) is 7.88. The number of hydrogen-bond acceptors (Lipinski definition) is 7. The highest BCUT2D eigenvalue weighted by atomic mass is 32.2. The molecule has 162 valence electrons. The van der Waals surface area contributed by atoms with Crippen molar-refractivity contribution in [3.63, 3.8) is 0 Å². The van der Waals surface area contributed by atoms with E-state index in [4.69, 9.17) is 15.2 Å². The van der Waals surface area contributed by atoms with Gasteiger partial charge in [-0.05, 0) is 67.9 Å². The van der Waals surface area contributed by atoms with Crippen molar-refractivity contribution in [3.05, 3.63) is 54.1 Å². The number of methoxy groups -OCH3 is 1. The van der Waals surface area contributed by atoms with E-state index in [1.807, 2.05) is 31.2 Å². The van der Waals surface area contributed by atoms with Crippen LogP contribution in [0.1, 0.15) is 25.8 Å². The van der Waals surface area contributed by atoms with Crippen LogP contribution < -0.4 is 20.1 Å². The molecule has 31 heavy (non-hydrogen) atoms. The molecule has 1 aliphatic rings. The fourth-order valence-corrected chi connectivity index (χ4v) is 3.82. The average Bonchev–Trinajstić information content (AvgIpc) is 3.05. The normalized spacial score (nSPS) is 17.3. The number of benzene rings is 2. The van der Waals surface area contributed by atoms with Crippen LogP contribution in [0.5, 0.6) is 11.5 Å². The molecule has 1 fully saturated rings. The lowest BCUT2D eigenvalue weighted by atomic mass is 10.1. The first kappa shape index (κ1) is 22.4. The Hall–Kier alpha value is -3.33. The molecule has 1 aliphatic heterocycles. The Morgan fingerprint density at radius 1 is 1.10 bits per heavy atom. The van der Waals surface area contributed by atoms with Gasteiger partial charge in [-0.25, -0.2) is 4.90 Å². The van der Waals surface area contributed by atoms with Gasteiger partial charge < -0.3 is 15.2 Å². The minimum atomic E-state index is -0.640. The van der Waals surface area contributed by atoms with Crippen molar-refractivity contribution < 1.29 is 19.1 Å². The molecule has 1 atom stereocenters. The van der Waals surface area contributed by atoms with E-state index in [1.54, 1.807) is 38.3 Å². The molecule has 2 aromatic rings. The maximum atomic E-state index is 12.8. The fourth-order valence-electron chi connectivity index (χ4n) is 3.01. The summed E-state index contributed by atoms with van der Waals surface area (Å²) in [5.41, 5.74) is 8.00. The zero-order chi connectivity index (χ0) is 22.4. The number of hydrogen-bond donors (Lipinski definition) is 1. The van der Waals surface area contributed by atoms with Gasteiger partial charge in [0.2, 0.25) is 11.8 Å². The van der Waals surface area contributed by atoms with Gasteiger partial charge in [-0.15, -0.1) is 5.10 Å². The van der Waals surface area contributed by atoms with Crippen LogP contribution in [0, 0.1) is 0 Å². The van der Waals surface area contributed by atoms with E-state index in [-0.39, 0.29) is 23.4 Å². The van der Waals surface area contributed by atoms with Gasteiger partial charge in [0, 0.05) is 6.42 Å². The molecule has 0 unspecified atom stereocenters. The number of rotatable bonds is 7. The fraction of sp³-hybridized carbons (Fsp3) is 0.273. The molecule has 0 spiro atoms. The molecule has 0 aliphatic carbocycles. The minimum Gasteiger partial charge on any atom is -0.497 e. The summed E-state index contributed by atoms with van der Waals surface area (Å²) in [6.07, 6.45) is 0.0497. The van der Waals surface area contributed by atoms with Crippen LogP contribution in [-0.4, -0.2) is 41.7 Å². The van der Waals surface area contributed by atoms with Crippen molar-refractivity contribution >= 4 is 40.1 Å². The number of nitrogens with zero attached hydrogens (tertiary/aromatic N) is 3. The Bertz CT molecular complexity index is 1000. The summed E-state index contributed by atoms with van der Waals surface area (Å²) >= 11 is 1.04. The number of thioether (sulfide) groups is 1. The standard InChI is InChI=1S/C22H24N4O4S/c1-4-30-18-11-7-16(8-12-18)26-20(27)13-19(21(26)28)31-22(23)25-24-14(2)15-5-9-17(29-3)10-6-15/h5-12,19H,4,13H2,1-3H3,(H2,23,25)/b24-14-/t19-/m1/s1. The van der Waals surface area contributed by atoms with E-state index >= 15 is 0 Å². The van der Waals surface area contributed by atoms with Crippen LogP contribution in [0.3, 0.4) is 0 Å². The molecule has 2 N–H and O–H groups in total. The zero-order valence-corrected chi connectivity index (χ0v) is 18.4. The number of ether oxygens (including phenoxy) is 2. The van der Waals surface area contributed by atoms with Crippen molar-refractivity contribution in [2.45, 2.75) is 25.5 Å². The van der Waals surface area contributed by atoms with Gasteiger partial charge >= 0.3 is 0 Å². The summed E-state index contributed by atoms with van der Waals surface area (Å²) in [5.74, 6) is 0.819. The number of amides is 2. The number of amidine groups is 1. The van der Waals surface area contributed by atoms with Gasteiger partial charge in [0.05, 0.1) is 25.1 Å². The van der Waals surface area contributed by atoms with Gasteiger partial charge in [0.25, 0.3) is 0 Å². The largest absolute Gasteiger partial charge is 0.497 e. The van der Waals surface area contributed by atoms with Gasteiger partial charge in [-0.1, -0.05) is 11.8 Å². The summed E-state index contributed by atoms with van der Waals surface area (Å²) in [6, 6.07) is 14.2. The van der Waals surface area contributed by atoms with Crippen molar-refractivity contribution in [3.8, 4) is 11.5 Å². The van der Waals surface area contributed by atoms with E-state index < -0.39 is 5.25 Å². The molecule has 8 nitrogen and oxygen atoms in total. The first-order valence-corrected chi connectivity index (χ1v) is 10.6. The number of carbonyl (C=O) groups is 2. The predicted molar refractivity (Wildman–Crippen MR) is 123 cm³/mol. The Labute approximate surface area is 185 Å². The zero-order valence-electron chi connectivity index (χ0n) is 17.6. The summed E-state index contributed by atoms with van der Waals surface area (Å²) in [4.78, 5) is 26.4. The van der Waals surface area contributed by atoms with Crippen molar-refractivity contribution in [2.75, 3.05) is 18.6 Å². The highest BCUT2D eigenvalue weighted by Crippen LogP contribution is 2.30. The lowest BCUT2D eigenvalue weighted by molar-refractivity contribution is -0.121. The second-order valence-electron chi connectivity index (χ2n) is 6.66. The Balaban J connectivity index is 1.66. The van der Waals surface area contributed by atoms with Gasteiger partial charge in [0.1, 0.15) is 16.7 Å². The van der Waals surface area contributed by atoms with Crippen LogP contribution in [-0.2, 0) is 9.59 Å². The van der Waals surface area contributed by atoms with Gasteiger partial charge in [-0.3, -0.25) is 9.59 Å². The van der Waals surface area contributed by atoms with Crippen LogP contribution in [0.25, 0.3) is 0 Å². The first-order chi connectivity index (χ1) is 14.9. The van der Waals surface area contributed by atoms with E-state index in [9.17, 15) is 9.59 Å². The smallest absolute Gasteiger partial charge is 0.247 e. The van der Waals surface area contributed by atoms with Gasteiger partial charge in [0.15, 0.2) is 5.17 Å².